The van der Waals surface area contributed by atoms with Gasteiger partial charge in [0.15, 0.2) is 0 Å². The van der Waals surface area contributed by atoms with Crippen molar-refractivity contribution in [3.63, 3.8) is 0 Å². The molecule has 0 bridgehead atoms. The van der Waals surface area contributed by atoms with Crippen LogP contribution in [0, 0.1) is 0 Å². The fourth-order valence-corrected chi connectivity index (χ4v) is 2.96. The molecule has 6 heteroatoms. The second-order valence-corrected chi connectivity index (χ2v) is 7.97. The molecule has 0 fully saturated rings. The zero-order valence-corrected chi connectivity index (χ0v) is 16.8. The van der Waals surface area contributed by atoms with Gasteiger partial charge in [-0.25, -0.2) is 4.98 Å². The first-order valence-corrected chi connectivity index (χ1v) is 9.34. The molecule has 1 aromatic carbocycles. The molecular formula is C22H22ClN3O2. The molecule has 144 valence electrons. The van der Waals surface area contributed by atoms with E-state index in [1.165, 1.54) is 28.7 Å². The molecule has 0 radical (unpaired) electrons. The van der Waals surface area contributed by atoms with E-state index in [9.17, 15) is 9.59 Å². The molecule has 0 aliphatic heterocycles. The molecule has 0 aliphatic carbocycles. The molecule has 3 aromatic rings. The standard InChI is InChI=1S/C22H22ClN3O2/c1-22(2,3)16-6-4-15(5-7-16)17(19-9-8-18(23)21(28)25-19)11-13-26-14-24-12-10-20(26)27/h4-12,14H,13H2,1-3H3,(H,25,28). The van der Waals surface area contributed by atoms with Crippen LogP contribution in [0.3, 0.4) is 0 Å². The SMILES string of the molecule is CC(C)(C)c1ccc(C(=CCn2cnccc2=O)c2ccc(Cl)c(=O)[nH]2)cc1. The third kappa shape index (κ3) is 4.49. The lowest BCUT2D eigenvalue weighted by atomic mass is 9.86. The van der Waals surface area contributed by atoms with Gasteiger partial charge in [-0.1, -0.05) is 62.7 Å². The minimum absolute atomic E-state index is 0.0417. The Hall–Kier alpha value is -2.92. The minimum Gasteiger partial charge on any atom is -0.321 e. The Kier molecular flexibility index (Phi) is 5.66. The maximum Gasteiger partial charge on any atom is 0.267 e. The molecule has 0 unspecified atom stereocenters. The average Bonchev–Trinajstić information content (AvgIpc) is 2.66. The van der Waals surface area contributed by atoms with E-state index in [4.69, 9.17) is 11.6 Å². The Morgan fingerprint density at radius 2 is 1.82 bits per heavy atom. The largest absolute Gasteiger partial charge is 0.321 e. The van der Waals surface area contributed by atoms with E-state index in [1.54, 1.807) is 12.1 Å². The van der Waals surface area contributed by atoms with E-state index in [1.807, 2.05) is 18.2 Å². The lowest BCUT2D eigenvalue weighted by Crippen LogP contribution is -2.18. The smallest absolute Gasteiger partial charge is 0.267 e. The first kappa shape index (κ1) is 19.8. The van der Waals surface area contributed by atoms with E-state index >= 15 is 0 Å². The van der Waals surface area contributed by atoms with Gasteiger partial charge in [-0.15, -0.1) is 0 Å². The molecule has 2 heterocycles. The Labute approximate surface area is 168 Å². The van der Waals surface area contributed by atoms with Gasteiger partial charge in [0.2, 0.25) is 0 Å². The van der Waals surface area contributed by atoms with Gasteiger partial charge in [0.1, 0.15) is 5.02 Å². The van der Waals surface area contributed by atoms with Crippen molar-refractivity contribution in [1.29, 1.82) is 0 Å². The number of allylic oxidation sites excluding steroid dienone is 1. The number of rotatable bonds is 4. The lowest BCUT2D eigenvalue weighted by Gasteiger charge is -2.19. The number of hydrogen-bond donors (Lipinski definition) is 1. The molecular weight excluding hydrogens is 374 g/mol. The lowest BCUT2D eigenvalue weighted by molar-refractivity contribution is 0.590. The van der Waals surface area contributed by atoms with Crippen LogP contribution in [0.2, 0.25) is 5.02 Å². The van der Waals surface area contributed by atoms with Gasteiger partial charge < -0.3 is 4.98 Å². The van der Waals surface area contributed by atoms with Crippen LogP contribution in [-0.4, -0.2) is 14.5 Å². The zero-order chi connectivity index (χ0) is 20.3. The number of hydrogen-bond acceptors (Lipinski definition) is 3. The van der Waals surface area contributed by atoms with Gasteiger partial charge in [-0.2, -0.15) is 0 Å². The van der Waals surface area contributed by atoms with Crippen molar-refractivity contribution < 1.29 is 0 Å². The molecule has 1 N–H and O–H groups in total. The average molecular weight is 396 g/mol. The summed E-state index contributed by atoms with van der Waals surface area (Å²) in [4.78, 5) is 30.8. The van der Waals surface area contributed by atoms with Gasteiger partial charge in [-0.05, 0) is 28.7 Å². The fraction of sp³-hybridized carbons (Fsp3) is 0.227. The Balaban J connectivity index is 2.07. The van der Waals surface area contributed by atoms with Gasteiger partial charge in [0.05, 0.1) is 6.33 Å². The quantitative estimate of drug-likeness (QED) is 0.725. The summed E-state index contributed by atoms with van der Waals surface area (Å²) in [5.74, 6) is 0. The predicted octanol–water partition coefficient (Wildman–Crippen LogP) is 4.01. The zero-order valence-electron chi connectivity index (χ0n) is 16.1. The van der Waals surface area contributed by atoms with Crippen molar-refractivity contribution in [2.75, 3.05) is 0 Å². The number of halogens is 1. The monoisotopic (exact) mass is 395 g/mol. The van der Waals surface area contributed by atoms with Crippen LogP contribution in [0.4, 0.5) is 0 Å². The third-order valence-corrected chi connectivity index (χ3v) is 4.80. The summed E-state index contributed by atoms with van der Waals surface area (Å²) in [6.07, 6.45) is 4.85. The van der Waals surface area contributed by atoms with Crippen LogP contribution in [0.1, 0.15) is 37.6 Å². The molecule has 0 atom stereocenters. The molecule has 0 saturated carbocycles. The summed E-state index contributed by atoms with van der Waals surface area (Å²) in [5, 5.41) is 0.134. The van der Waals surface area contributed by atoms with Gasteiger partial charge in [0, 0.05) is 30.1 Å². The molecule has 28 heavy (non-hydrogen) atoms. The maximum absolute atomic E-state index is 12.0. The highest BCUT2D eigenvalue weighted by Crippen LogP contribution is 2.27. The molecule has 0 saturated heterocycles. The highest BCUT2D eigenvalue weighted by atomic mass is 35.5. The fourth-order valence-electron chi connectivity index (χ4n) is 2.85. The van der Waals surface area contributed by atoms with Gasteiger partial charge in [0.25, 0.3) is 11.1 Å². The van der Waals surface area contributed by atoms with E-state index < -0.39 is 0 Å². The number of benzene rings is 1. The molecule has 0 amide bonds. The summed E-state index contributed by atoms with van der Waals surface area (Å²) in [5.41, 5.74) is 3.14. The molecule has 0 aliphatic rings. The number of nitrogens with zero attached hydrogens (tertiary/aromatic N) is 2. The summed E-state index contributed by atoms with van der Waals surface area (Å²) in [6, 6.07) is 12.9. The second kappa shape index (κ2) is 7.98. The van der Waals surface area contributed by atoms with Crippen LogP contribution < -0.4 is 11.1 Å². The maximum atomic E-state index is 12.0. The third-order valence-electron chi connectivity index (χ3n) is 4.50. The summed E-state index contributed by atoms with van der Waals surface area (Å²) in [6.45, 7) is 6.80. The van der Waals surface area contributed by atoms with Crippen molar-refractivity contribution in [3.05, 3.63) is 104 Å². The Morgan fingerprint density at radius 1 is 1.11 bits per heavy atom. The van der Waals surface area contributed by atoms with E-state index in [2.05, 4.69) is 42.9 Å². The van der Waals surface area contributed by atoms with E-state index in [-0.39, 0.29) is 21.6 Å². The number of nitrogens with one attached hydrogen (secondary N) is 1. The Bertz CT molecular complexity index is 1120. The highest BCUT2D eigenvalue weighted by molar-refractivity contribution is 6.30. The van der Waals surface area contributed by atoms with Crippen molar-refractivity contribution in [1.82, 2.24) is 14.5 Å². The minimum atomic E-state index is -0.352. The molecule has 5 nitrogen and oxygen atoms in total. The Morgan fingerprint density at radius 3 is 2.43 bits per heavy atom. The summed E-state index contributed by atoms with van der Waals surface area (Å²) >= 11 is 5.88. The van der Waals surface area contributed by atoms with Crippen molar-refractivity contribution >= 4 is 17.2 Å². The predicted molar refractivity (Wildman–Crippen MR) is 113 cm³/mol. The van der Waals surface area contributed by atoms with Gasteiger partial charge >= 0.3 is 0 Å². The molecule has 3 rings (SSSR count). The first-order chi connectivity index (χ1) is 13.3. The van der Waals surface area contributed by atoms with Gasteiger partial charge in [-0.3, -0.25) is 14.2 Å². The number of pyridine rings is 1. The van der Waals surface area contributed by atoms with Crippen molar-refractivity contribution in [2.45, 2.75) is 32.7 Å². The first-order valence-electron chi connectivity index (χ1n) is 8.96. The van der Waals surface area contributed by atoms with Crippen LogP contribution in [0.15, 0.2) is 70.7 Å². The molecule has 0 spiro atoms. The van der Waals surface area contributed by atoms with Crippen molar-refractivity contribution in [2.24, 2.45) is 0 Å². The van der Waals surface area contributed by atoms with Crippen LogP contribution in [0.5, 0.6) is 0 Å². The van der Waals surface area contributed by atoms with E-state index in [0.717, 1.165) is 11.1 Å². The van der Waals surface area contributed by atoms with Crippen LogP contribution in [0.25, 0.3) is 5.57 Å². The number of aromatic nitrogens is 3. The second-order valence-electron chi connectivity index (χ2n) is 7.57. The van der Waals surface area contributed by atoms with E-state index in [0.29, 0.717) is 12.2 Å². The topological polar surface area (TPSA) is 67.8 Å². The highest BCUT2D eigenvalue weighted by Gasteiger charge is 2.14. The van der Waals surface area contributed by atoms with Crippen molar-refractivity contribution in [3.8, 4) is 0 Å². The molecule has 2 aromatic heterocycles. The number of aromatic amines is 1. The van der Waals surface area contributed by atoms with Crippen LogP contribution in [-0.2, 0) is 12.0 Å². The summed E-state index contributed by atoms with van der Waals surface area (Å²) in [7, 11) is 0. The normalized spacial score (nSPS) is 12.2. The van der Waals surface area contributed by atoms with Crippen LogP contribution >= 0.6 is 11.6 Å². The summed E-state index contributed by atoms with van der Waals surface area (Å²) < 4.78 is 1.50. The number of H-pyrrole nitrogens is 1.